The third kappa shape index (κ3) is 3.35. The van der Waals surface area contributed by atoms with Gasteiger partial charge in [-0.2, -0.15) is 0 Å². The fraction of sp³-hybridized carbons (Fsp3) is 0.389. The molecule has 1 saturated heterocycles. The van der Waals surface area contributed by atoms with Crippen molar-refractivity contribution in [3.8, 4) is 0 Å². The molecular formula is C18H21N3O4. The molecule has 0 atom stereocenters. The lowest BCUT2D eigenvalue weighted by molar-refractivity contribution is 0.0573. The Morgan fingerprint density at radius 2 is 1.88 bits per heavy atom. The number of amides is 1. The predicted octanol–water partition coefficient (Wildman–Crippen LogP) is 1.45. The molecule has 0 radical (unpaired) electrons. The first-order valence-electron chi connectivity index (χ1n) is 8.22. The fourth-order valence-electron chi connectivity index (χ4n) is 3.24. The number of aryl methyl sites for hydroxylation is 1. The summed E-state index contributed by atoms with van der Waals surface area (Å²) in [5, 5.41) is 0. The lowest BCUT2D eigenvalue weighted by Gasteiger charge is -2.33. The number of carbonyl (C=O) groups excluding carboxylic acids is 2. The lowest BCUT2D eigenvalue weighted by Crippen LogP contribution is -2.39. The second kappa shape index (κ2) is 6.96. The Morgan fingerprint density at radius 3 is 2.52 bits per heavy atom. The first-order chi connectivity index (χ1) is 12.0. The number of rotatable bonds is 3. The summed E-state index contributed by atoms with van der Waals surface area (Å²) in [6.07, 6.45) is 4.96. The van der Waals surface area contributed by atoms with Crippen LogP contribution in [-0.2, 0) is 11.8 Å². The van der Waals surface area contributed by atoms with Gasteiger partial charge in [0, 0.05) is 44.6 Å². The van der Waals surface area contributed by atoms with Crippen molar-refractivity contribution in [3.05, 3.63) is 58.3 Å². The third-order valence-electron chi connectivity index (χ3n) is 4.65. The molecule has 1 aliphatic rings. The summed E-state index contributed by atoms with van der Waals surface area (Å²) in [5.74, 6) is -0.427. The van der Waals surface area contributed by atoms with Crippen LogP contribution >= 0.6 is 0 Å². The molecule has 25 heavy (non-hydrogen) atoms. The quantitative estimate of drug-likeness (QED) is 0.791. The van der Waals surface area contributed by atoms with E-state index in [0.29, 0.717) is 24.3 Å². The van der Waals surface area contributed by atoms with E-state index in [-0.39, 0.29) is 23.5 Å². The predicted molar refractivity (Wildman–Crippen MR) is 91.6 cm³/mol. The van der Waals surface area contributed by atoms with Gasteiger partial charge in [0.1, 0.15) is 5.69 Å². The zero-order valence-electron chi connectivity index (χ0n) is 14.3. The van der Waals surface area contributed by atoms with E-state index in [9.17, 15) is 14.4 Å². The lowest BCUT2D eigenvalue weighted by atomic mass is 10.0. The monoisotopic (exact) mass is 343 g/mol. The molecule has 132 valence electrons. The summed E-state index contributed by atoms with van der Waals surface area (Å²) in [6.45, 7) is 1.20. The van der Waals surface area contributed by atoms with Crippen LogP contribution in [0.4, 0.5) is 0 Å². The van der Waals surface area contributed by atoms with Gasteiger partial charge in [0.2, 0.25) is 5.56 Å². The van der Waals surface area contributed by atoms with E-state index in [1.165, 1.54) is 17.7 Å². The highest BCUT2D eigenvalue weighted by Crippen LogP contribution is 2.25. The van der Waals surface area contributed by atoms with Crippen molar-refractivity contribution in [2.45, 2.75) is 18.9 Å². The Balaban J connectivity index is 1.68. The maximum absolute atomic E-state index is 12.6. The van der Waals surface area contributed by atoms with Gasteiger partial charge in [-0.3, -0.25) is 9.59 Å². The average molecular weight is 343 g/mol. The van der Waals surface area contributed by atoms with Crippen molar-refractivity contribution >= 4 is 11.9 Å². The van der Waals surface area contributed by atoms with Crippen LogP contribution in [0, 0.1) is 0 Å². The summed E-state index contributed by atoms with van der Waals surface area (Å²) < 4.78 is 8.15. The number of ether oxygens (including phenoxy) is 1. The highest BCUT2D eigenvalue weighted by Gasteiger charge is 2.26. The Bertz CT molecular complexity index is 844. The SMILES string of the molecule is COC(=O)c1cccn1C1CCN(C(=O)c2ccc(=O)n(C)c2)CC1. The minimum atomic E-state index is -0.353. The molecule has 0 unspecified atom stereocenters. The Hall–Kier alpha value is -2.83. The van der Waals surface area contributed by atoms with Crippen LogP contribution in [0.5, 0.6) is 0 Å². The van der Waals surface area contributed by atoms with E-state index < -0.39 is 0 Å². The molecule has 7 heteroatoms. The second-order valence-electron chi connectivity index (χ2n) is 6.18. The second-order valence-corrected chi connectivity index (χ2v) is 6.18. The Labute approximate surface area is 145 Å². The van der Waals surface area contributed by atoms with E-state index >= 15 is 0 Å². The largest absolute Gasteiger partial charge is 0.464 e. The number of methoxy groups -OCH3 is 1. The number of esters is 1. The van der Waals surface area contributed by atoms with Crippen LogP contribution in [0.2, 0.25) is 0 Å². The molecule has 0 N–H and O–H groups in total. The number of hydrogen-bond donors (Lipinski definition) is 0. The van der Waals surface area contributed by atoms with Crippen LogP contribution in [0.3, 0.4) is 0 Å². The van der Waals surface area contributed by atoms with Crippen molar-refractivity contribution in [2.75, 3.05) is 20.2 Å². The maximum Gasteiger partial charge on any atom is 0.354 e. The van der Waals surface area contributed by atoms with Gasteiger partial charge in [-0.25, -0.2) is 4.79 Å². The smallest absolute Gasteiger partial charge is 0.354 e. The minimum Gasteiger partial charge on any atom is -0.464 e. The van der Waals surface area contributed by atoms with Crippen LogP contribution in [0.25, 0.3) is 0 Å². The zero-order chi connectivity index (χ0) is 18.0. The molecular weight excluding hydrogens is 322 g/mol. The number of piperidine rings is 1. The molecule has 2 aromatic rings. The molecule has 3 rings (SSSR count). The number of hydrogen-bond acceptors (Lipinski definition) is 4. The van der Waals surface area contributed by atoms with E-state index in [1.807, 2.05) is 16.8 Å². The molecule has 0 aliphatic carbocycles. The molecule has 0 saturated carbocycles. The van der Waals surface area contributed by atoms with Gasteiger partial charge in [0.15, 0.2) is 0 Å². The van der Waals surface area contributed by atoms with Crippen LogP contribution < -0.4 is 5.56 Å². The van der Waals surface area contributed by atoms with Crippen molar-refractivity contribution in [1.29, 1.82) is 0 Å². The van der Waals surface area contributed by atoms with Gasteiger partial charge in [0.25, 0.3) is 5.91 Å². The summed E-state index contributed by atoms with van der Waals surface area (Å²) in [4.78, 5) is 37.7. The number of pyridine rings is 1. The molecule has 7 nitrogen and oxygen atoms in total. The standard InChI is InChI=1S/C18H21N3O4/c1-19-12-13(5-6-16(19)22)17(23)20-10-7-14(8-11-20)21-9-3-4-15(21)18(24)25-2/h3-6,9,12,14H,7-8,10-11H2,1-2H3. The van der Waals surface area contributed by atoms with Gasteiger partial charge in [-0.1, -0.05) is 0 Å². The molecule has 0 spiro atoms. The summed E-state index contributed by atoms with van der Waals surface area (Å²) >= 11 is 0. The number of aromatic nitrogens is 2. The number of nitrogens with zero attached hydrogens (tertiary/aromatic N) is 3. The Kier molecular flexibility index (Phi) is 4.74. The molecule has 1 amide bonds. The van der Waals surface area contributed by atoms with E-state index in [1.54, 1.807) is 30.3 Å². The van der Waals surface area contributed by atoms with Gasteiger partial charge in [-0.15, -0.1) is 0 Å². The normalized spacial score (nSPS) is 15.2. The summed E-state index contributed by atoms with van der Waals surface area (Å²) in [6, 6.07) is 6.70. The highest BCUT2D eigenvalue weighted by atomic mass is 16.5. The topological polar surface area (TPSA) is 73.5 Å². The van der Waals surface area contributed by atoms with Crippen LogP contribution in [0.15, 0.2) is 41.5 Å². The third-order valence-corrected chi connectivity index (χ3v) is 4.65. The van der Waals surface area contributed by atoms with Crippen molar-refractivity contribution in [2.24, 2.45) is 7.05 Å². The molecule has 0 bridgehead atoms. The maximum atomic E-state index is 12.6. The molecule has 0 aromatic carbocycles. The minimum absolute atomic E-state index is 0.0743. The molecule has 2 aromatic heterocycles. The van der Waals surface area contributed by atoms with Crippen molar-refractivity contribution in [3.63, 3.8) is 0 Å². The molecule has 1 aliphatic heterocycles. The fourth-order valence-corrected chi connectivity index (χ4v) is 3.24. The van der Waals surface area contributed by atoms with Gasteiger partial charge in [0.05, 0.1) is 12.7 Å². The number of likely N-dealkylation sites (tertiary alicyclic amines) is 1. The van der Waals surface area contributed by atoms with Crippen LogP contribution in [0.1, 0.15) is 39.7 Å². The van der Waals surface area contributed by atoms with E-state index in [2.05, 4.69) is 0 Å². The number of carbonyl (C=O) groups is 2. The van der Waals surface area contributed by atoms with Gasteiger partial charge < -0.3 is 18.8 Å². The molecule has 1 fully saturated rings. The highest BCUT2D eigenvalue weighted by molar-refractivity contribution is 5.94. The van der Waals surface area contributed by atoms with E-state index in [0.717, 1.165) is 12.8 Å². The van der Waals surface area contributed by atoms with Crippen molar-refractivity contribution < 1.29 is 14.3 Å². The van der Waals surface area contributed by atoms with Crippen LogP contribution in [-0.4, -0.2) is 46.1 Å². The average Bonchev–Trinajstić information content (AvgIpc) is 3.12. The molecule has 3 heterocycles. The van der Waals surface area contributed by atoms with Gasteiger partial charge >= 0.3 is 5.97 Å². The van der Waals surface area contributed by atoms with Crippen molar-refractivity contribution in [1.82, 2.24) is 14.0 Å². The van der Waals surface area contributed by atoms with E-state index in [4.69, 9.17) is 4.74 Å². The first kappa shape index (κ1) is 17.0. The summed E-state index contributed by atoms with van der Waals surface area (Å²) in [5.41, 5.74) is 0.903. The summed E-state index contributed by atoms with van der Waals surface area (Å²) in [7, 11) is 3.00. The van der Waals surface area contributed by atoms with Gasteiger partial charge in [-0.05, 0) is 31.0 Å². The first-order valence-corrected chi connectivity index (χ1v) is 8.22. The Morgan fingerprint density at radius 1 is 1.16 bits per heavy atom. The zero-order valence-corrected chi connectivity index (χ0v) is 14.3.